The van der Waals surface area contributed by atoms with Gasteiger partial charge in [-0.05, 0) is 30.9 Å². The predicted octanol–water partition coefficient (Wildman–Crippen LogP) is 2.49. The molecular formula is C13H17F2N3. The van der Waals surface area contributed by atoms with Crippen molar-refractivity contribution in [3.63, 3.8) is 0 Å². The Balaban J connectivity index is 2.36. The van der Waals surface area contributed by atoms with Crippen LogP contribution in [0.3, 0.4) is 0 Å². The van der Waals surface area contributed by atoms with Gasteiger partial charge in [-0.2, -0.15) is 0 Å². The zero-order valence-electron chi connectivity index (χ0n) is 10.3. The average molecular weight is 253 g/mol. The summed E-state index contributed by atoms with van der Waals surface area (Å²) in [6.07, 6.45) is 2.03. The first kappa shape index (κ1) is 12.8. The molecule has 98 valence electrons. The van der Waals surface area contributed by atoms with E-state index in [1.54, 1.807) is 4.90 Å². The van der Waals surface area contributed by atoms with Gasteiger partial charge in [0.05, 0.1) is 0 Å². The van der Waals surface area contributed by atoms with Gasteiger partial charge in [0.1, 0.15) is 23.2 Å². The lowest BCUT2D eigenvalue weighted by Crippen LogP contribution is -2.35. The molecule has 0 amide bonds. The number of hydrogen-bond donors (Lipinski definition) is 2. The number of halogens is 2. The summed E-state index contributed by atoms with van der Waals surface area (Å²) in [5.74, 6) is -1.18. The molecule has 0 aliphatic carbocycles. The second kappa shape index (κ2) is 4.92. The molecule has 0 bridgehead atoms. The van der Waals surface area contributed by atoms with Gasteiger partial charge in [-0.15, -0.1) is 0 Å². The fourth-order valence-electron chi connectivity index (χ4n) is 2.42. The molecule has 2 rings (SSSR count). The summed E-state index contributed by atoms with van der Waals surface area (Å²) >= 11 is 0. The van der Waals surface area contributed by atoms with Crippen LogP contribution in [-0.2, 0) is 0 Å². The number of nitrogen functional groups attached to an aromatic ring is 1. The number of amidine groups is 1. The van der Waals surface area contributed by atoms with E-state index in [1.165, 1.54) is 0 Å². The van der Waals surface area contributed by atoms with Crippen molar-refractivity contribution in [1.82, 2.24) is 0 Å². The summed E-state index contributed by atoms with van der Waals surface area (Å²) in [4.78, 5) is 1.74. The molecule has 18 heavy (non-hydrogen) atoms. The molecule has 0 saturated carbocycles. The minimum Gasteiger partial charge on any atom is -0.384 e. The van der Waals surface area contributed by atoms with Crippen molar-refractivity contribution >= 4 is 11.5 Å². The highest BCUT2D eigenvalue weighted by atomic mass is 19.1. The molecular weight excluding hydrogens is 236 g/mol. The number of nitrogens with one attached hydrogen (secondary N) is 1. The van der Waals surface area contributed by atoms with Crippen LogP contribution in [0.15, 0.2) is 12.1 Å². The first-order valence-corrected chi connectivity index (χ1v) is 6.07. The molecule has 0 aromatic heterocycles. The van der Waals surface area contributed by atoms with Crippen molar-refractivity contribution in [2.24, 2.45) is 11.7 Å². The lowest BCUT2D eigenvalue weighted by Gasteiger charge is -2.33. The van der Waals surface area contributed by atoms with Gasteiger partial charge >= 0.3 is 0 Å². The van der Waals surface area contributed by atoms with Crippen LogP contribution in [0.2, 0.25) is 0 Å². The highest BCUT2D eigenvalue weighted by Crippen LogP contribution is 2.29. The molecule has 0 radical (unpaired) electrons. The summed E-state index contributed by atoms with van der Waals surface area (Å²) in [5.41, 5.74) is 5.33. The quantitative estimate of drug-likeness (QED) is 0.628. The fraction of sp³-hybridized carbons (Fsp3) is 0.462. The third kappa shape index (κ3) is 2.44. The number of piperidine rings is 1. The van der Waals surface area contributed by atoms with Gasteiger partial charge in [0.15, 0.2) is 0 Å². The molecule has 1 aliphatic rings. The molecule has 1 aromatic rings. The Labute approximate surface area is 105 Å². The average Bonchev–Trinajstić information content (AvgIpc) is 2.27. The Hall–Kier alpha value is -1.65. The van der Waals surface area contributed by atoms with Crippen molar-refractivity contribution in [2.75, 3.05) is 18.0 Å². The van der Waals surface area contributed by atoms with Crippen molar-refractivity contribution in [1.29, 1.82) is 5.41 Å². The number of nitrogens with zero attached hydrogens (tertiary/aromatic N) is 1. The van der Waals surface area contributed by atoms with Crippen molar-refractivity contribution in [3.05, 3.63) is 29.3 Å². The van der Waals surface area contributed by atoms with Gasteiger partial charge in [-0.3, -0.25) is 5.41 Å². The molecule has 1 saturated heterocycles. The monoisotopic (exact) mass is 253 g/mol. The Bertz CT molecular complexity index is 450. The summed E-state index contributed by atoms with van der Waals surface area (Å²) in [7, 11) is 0. The van der Waals surface area contributed by atoms with E-state index < -0.39 is 11.6 Å². The highest BCUT2D eigenvalue weighted by Gasteiger charge is 2.23. The minimum absolute atomic E-state index is 0.00606. The van der Waals surface area contributed by atoms with E-state index in [0.717, 1.165) is 25.0 Å². The van der Waals surface area contributed by atoms with E-state index in [4.69, 9.17) is 11.1 Å². The SMILES string of the molecule is CC1CCCN(c2c(F)cc(C(=N)N)cc2F)C1. The van der Waals surface area contributed by atoms with Gasteiger partial charge in [0, 0.05) is 18.7 Å². The van der Waals surface area contributed by atoms with E-state index in [9.17, 15) is 8.78 Å². The van der Waals surface area contributed by atoms with Crippen molar-refractivity contribution < 1.29 is 8.78 Å². The first-order chi connectivity index (χ1) is 8.49. The van der Waals surface area contributed by atoms with Gasteiger partial charge in [-0.1, -0.05) is 6.92 Å². The van der Waals surface area contributed by atoms with Crippen LogP contribution in [0.4, 0.5) is 14.5 Å². The van der Waals surface area contributed by atoms with Crippen LogP contribution in [-0.4, -0.2) is 18.9 Å². The lowest BCUT2D eigenvalue weighted by atomic mass is 9.99. The largest absolute Gasteiger partial charge is 0.384 e. The Morgan fingerprint density at radius 3 is 2.50 bits per heavy atom. The number of rotatable bonds is 2. The molecule has 1 atom stereocenters. The van der Waals surface area contributed by atoms with Gasteiger partial charge < -0.3 is 10.6 Å². The molecule has 3 nitrogen and oxygen atoms in total. The predicted molar refractivity (Wildman–Crippen MR) is 68.0 cm³/mol. The Morgan fingerprint density at radius 1 is 1.39 bits per heavy atom. The van der Waals surface area contributed by atoms with Crippen LogP contribution in [0.5, 0.6) is 0 Å². The topological polar surface area (TPSA) is 53.1 Å². The van der Waals surface area contributed by atoms with E-state index in [0.29, 0.717) is 19.0 Å². The van der Waals surface area contributed by atoms with E-state index in [1.807, 2.05) is 0 Å². The highest BCUT2D eigenvalue weighted by molar-refractivity contribution is 5.95. The molecule has 1 heterocycles. The Kier molecular flexibility index (Phi) is 3.50. The molecule has 1 fully saturated rings. The van der Waals surface area contributed by atoms with Crippen LogP contribution in [0.25, 0.3) is 0 Å². The third-order valence-corrected chi connectivity index (χ3v) is 3.30. The van der Waals surface area contributed by atoms with Crippen LogP contribution >= 0.6 is 0 Å². The summed E-state index contributed by atoms with van der Waals surface area (Å²) in [6.45, 7) is 3.40. The van der Waals surface area contributed by atoms with E-state index in [-0.39, 0.29) is 17.1 Å². The zero-order chi connectivity index (χ0) is 13.3. The summed E-state index contributed by atoms with van der Waals surface area (Å²) < 4.78 is 27.9. The second-order valence-electron chi connectivity index (χ2n) is 4.90. The molecule has 1 aliphatic heterocycles. The molecule has 1 unspecified atom stereocenters. The van der Waals surface area contributed by atoms with Crippen LogP contribution in [0, 0.1) is 23.0 Å². The molecule has 1 aromatic carbocycles. The maximum Gasteiger partial charge on any atom is 0.150 e. The fourth-order valence-corrected chi connectivity index (χ4v) is 2.42. The minimum atomic E-state index is -0.644. The maximum atomic E-state index is 13.9. The number of benzene rings is 1. The first-order valence-electron chi connectivity index (χ1n) is 6.07. The number of hydrogen-bond acceptors (Lipinski definition) is 2. The molecule has 3 N–H and O–H groups in total. The van der Waals surface area contributed by atoms with Gasteiger partial charge in [-0.25, -0.2) is 8.78 Å². The normalized spacial score (nSPS) is 19.9. The lowest BCUT2D eigenvalue weighted by molar-refractivity contribution is 0.436. The Morgan fingerprint density at radius 2 is 2.00 bits per heavy atom. The van der Waals surface area contributed by atoms with Gasteiger partial charge in [0.2, 0.25) is 0 Å². The molecule has 5 heteroatoms. The number of anilines is 1. The zero-order valence-corrected chi connectivity index (χ0v) is 10.3. The van der Waals surface area contributed by atoms with Gasteiger partial charge in [0.25, 0.3) is 0 Å². The van der Waals surface area contributed by atoms with Crippen molar-refractivity contribution in [2.45, 2.75) is 19.8 Å². The smallest absolute Gasteiger partial charge is 0.150 e. The maximum absolute atomic E-state index is 13.9. The molecule has 0 spiro atoms. The standard InChI is InChI=1S/C13H17F2N3/c1-8-3-2-4-18(7-8)12-10(14)5-9(13(16)17)6-11(12)15/h5-6,8H,2-4,7H2,1H3,(H3,16,17). The second-order valence-corrected chi connectivity index (χ2v) is 4.90. The van der Waals surface area contributed by atoms with E-state index in [2.05, 4.69) is 6.92 Å². The summed E-state index contributed by atoms with van der Waals surface area (Å²) in [6, 6.07) is 2.25. The summed E-state index contributed by atoms with van der Waals surface area (Å²) in [5, 5.41) is 7.21. The van der Waals surface area contributed by atoms with Crippen LogP contribution in [0.1, 0.15) is 25.3 Å². The van der Waals surface area contributed by atoms with Crippen LogP contribution < -0.4 is 10.6 Å². The number of nitrogens with two attached hydrogens (primary N) is 1. The third-order valence-electron chi connectivity index (χ3n) is 3.30. The van der Waals surface area contributed by atoms with E-state index >= 15 is 0 Å². The van der Waals surface area contributed by atoms with Crippen molar-refractivity contribution in [3.8, 4) is 0 Å².